The van der Waals surface area contributed by atoms with Crippen LogP contribution < -0.4 is 10.6 Å². The molecule has 0 atom stereocenters. The lowest BCUT2D eigenvalue weighted by Gasteiger charge is -2.17. The molecule has 0 saturated carbocycles. The molecule has 0 amide bonds. The molecule has 8 nitrogen and oxygen atoms in total. The van der Waals surface area contributed by atoms with Gasteiger partial charge in [-0.2, -0.15) is 9.97 Å². The number of hydrogen-bond donors (Lipinski definition) is 4. The molecule has 0 radical (unpaired) electrons. The fourth-order valence-electron chi connectivity index (χ4n) is 3.20. The highest BCUT2D eigenvalue weighted by molar-refractivity contribution is 6.30. The number of hydrogen-bond acceptors (Lipinski definition) is 7. The molecule has 1 aromatic carbocycles. The third-order valence-corrected chi connectivity index (χ3v) is 5.21. The van der Waals surface area contributed by atoms with E-state index < -0.39 is 5.60 Å². The third kappa shape index (κ3) is 6.45. The smallest absolute Gasteiger partial charge is 0.226 e. The number of fused-ring (bicyclic) bond motifs is 1. The normalized spacial score (nSPS) is 11.8. The van der Waals surface area contributed by atoms with Crippen molar-refractivity contribution < 1.29 is 10.2 Å². The molecule has 0 bridgehead atoms. The molecule has 0 saturated heterocycles. The van der Waals surface area contributed by atoms with E-state index in [1.54, 1.807) is 38.4 Å². The second-order valence-electron chi connectivity index (χ2n) is 8.33. The predicted molar refractivity (Wildman–Crippen MR) is 125 cm³/mol. The van der Waals surface area contributed by atoms with Crippen LogP contribution >= 0.6 is 11.6 Å². The first kappa shape index (κ1) is 23.1. The average Bonchev–Trinajstić information content (AvgIpc) is 3.11. The van der Waals surface area contributed by atoms with Crippen LogP contribution in [-0.2, 0) is 13.1 Å². The molecule has 2 heterocycles. The van der Waals surface area contributed by atoms with Gasteiger partial charge in [0.15, 0.2) is 17.0 Å². The summed E-state index contributed by atoms with van der Waals surface area (Å²) in [5.74, 6) is 1.20. The van der Waals surface area contributed by atoms with Crippen molar-refractivity contribution in [1.29, 1.82) is 0 Å². The highest BCUT2D eigenvalue weighted by Crippen LogP contribution is 2.25. The lowest BCUT2D eigenvalue weighted by molar-refractivity contribution is 0.0748. The number of aliphatic hydroxyl groups is 1. The van der Waals surface area contributed by atoms with E-state index in [9.17, 15) is 10.2 Å². The standard InChI is InChI=1S/C22H31ClN6O2/c1-4-5-6-11-29-14-26-18-19(25-13-15-12-16(23)7-8-17(15)30)27-21(28-20(18)29)24-10-9-22(2,3)31/h7-8,12,14,30-31H,4-6,9-11,13H2,1-3H3,(H2,24,25,27,28). The number of aromatic hydroxyl groups is 1. The van der Waals surface area contributed by atoms with E-state index in [1.807, 2.05) is 4.57 Å². The number of unbranched alkanes of at least 4 members (excludes halogenated alkanes) is 2. The van der Waals surface area contributed by atoms with Gasteiger partial charge >= 0.3 is 0 Å². The fraction of sp³-hybridized carbons (Fsp3) is 0.500. The number of imidazole rings is 1. The van der Waals surface area contributed by atoms with Crippen LogP contribution in [0.25, 0.3) is 11.2 Å². The van der Waals surface area contributed by atoms with Crippen molar-refractivity contribution in [3.8, 4) is 5.75 Å². The Morgan fingerprint density at radius 1 is 1.16 bits per heavy atom. The Morgan fingerprint density at radius 3 is 2.71 bits per heavy atom. The molecular formula is C22H31ClN6O2. The van der Waals surface area contributed by atoms with Crippen molar-refractivity contribution in [1.82, 2.24) is 19.5 Å². The van der Waals surface area contributed by atoms with Crippen molar-refractivity contribution in [3.63, 3.8) is 0 Å². The highest BCUT2D eigenvalue weighted by atomic mass is 35.5. The van der Waals surface area contributed by atoms with Crippen LogP contribution in [0.1, 0.15) is 52.0 Å². The van der Waals surface area contributed by atoms with Crippen LogP contribution in [0.15, 0.2) is 24.5 Å². The summed E-state index contributed by atoms with van der Waals surface area (Å²) < 4.78 is 2.04. The number of nitrogens with one attached hydrogen (secondary N) is 2. The molecule has 0 spiro atoms. The van der Waals surface area contributed by atoms with E-state index in [2.05, 4.69) is 32.5 Å². The summed E-state index contributed by atoms with van der Waals surface area (Å²) in [6.07, 6.45) is 5.68. The van der Waals surface area contributed by atoms with Gasteiger partial charge in [-0.15, -0.1) is 0 Å². The van der Waals surface area contributed by atoms with Gasteiger partial charge in [-0.3, -0.25) is 0 Å². The first-order chi connectivity index (χ1) is 14.8. The number of halogens is 1. The summed E-state index contributed by atoms with van der Waals surface area (Å²) in [6.45, 7) is 7.42. The van der Waals surface area contributed by atoms with Gasteiger partial charge in [0.05, 0.1) is 11.9 Å². The van der Waals surface area contributed by atoms with Gasteiger partial charge in [0.25, 0.3) is 0 Å². The van der Waals surface area contributed by atoms with Gasteiger partial charge in [0, 0.05) is 30.2 Å². The van der Waals surface area contributed by atoms with Gasteiger partial charge in [-0.25, -0.2) is 4.98 Å². The van der Waals surface area contributed by atoms with E-state index in [1.165, 1.54) is 0 Å². The molecule has 0 fully saturated rings. The van der Waals surface area contributed by atoms with Crippen LogP contribution in [0.2, 0.25) is 5.02 Å². The number of aryl methyl sites for hydroxylation is 1. The van der Waals surface area contributed by atoms with Crippen LogP contribution in [-0.4, -0.2) is 41.9 Å². The van der Waals surface area contributed by atoms with Crippen LogP contribution in [0.4, 0.5) is 11.8 Å². The molecule has 168 valence electrons. The van der Waals surface area contributed by atoms with Gasteiger partial charge in [-0.1, -0.05) is 31.4 Å². The van der Waals surface area contributed by atoms with Crippen molar-refractivity contribution in [2.75, 3.05) is 17.2 Å². The molecule has 2 aromatic heterocycles. The summed E-state index contributed by atoms with van der Waals surface area (Å²) >= 11 is 6.07. The first-order valence-corrected chi connectivity index (χ1v) is 11.0. The summed E-state index contributed by atoms with van der Waals surface area (Å²) in [7, 11) is 0. The Labute approximate surface area is 187 Å². The molecule has 3 aromatic rings. The number of phenols is 1. The van der Waals surface area contributed by atoms with Gasteiger partial charge in [0.2, 0.25) is 5.95 Å². The SMILES string of the molecule is CCCCCn1cnc2c(NCc3cc(Cl)ccc3O)nc(NCCC(C)(C)O)nc21. The molecule has 4 N–H and O–H groups in total. The Bertz CT molecular complexity index is 1020. The lowest BCUT2D eigenvalue weighted by atomic mass is 10.1. The van der Waals surface area contributed by atoms with Crippen LogP contribution in [0.5, 0.6) is 5.75 Å². The van der Waals surface area contributed by atoms with Gasteiger partial charge < -0.3 is 25.4 Å². The summed E-state index contributed by atoms with van der Waals surface area (Å²) in [5, 5.41) is 27.1. The number of rotatable bonds is 11. The maximum absolute atomic E-state index is 10.1. The van der Waals surface area contributed by atoms with Crippen LogP contribution in [0, 0.1) is 0 Å². The van der Waals surface area contributed by atoms with E-state index >= 15 is 0 Å². The average molecular weight is 447 g/mol. The minimum absolute atomic E-state index is 0.163. The highest BCUT2D eigenvalue weighted by Gasteiger charge is 2.16. The third-order valence-electron chi connectivity index (χ3n) is 4.97. The molecule has 3 rings (SSSR count). The first-order valence-electron chi connectivity index (χ1n) is 10.7. The molecule has 9 heteroatoms. The molecule has 0 aliphatic carbocycles. The minimum Gasteiger partial charge on any atom is -0.508 e. The topological polar surface area (TPSA) is 108 Å². The van der Waals surface area contributed by atoms with Crippen molar-refractivity contribution in [2.45, 2.75) is 65.1 Å². The van der Waals surface area contributed by atoms with E-state index in [-0.39, 0.29) is 5.75 Å². The Balaban J connectivity index is 1.86. The zero-order valence-corrected chi connectivity index (χ0v) is 19.1. The molecule has 0 aliphatic heterocycles. The number of phenolic OH excluding ortho intramolecular Hbond substituents is 1. The summed E-state index contributed by atoms with van der Waals surface area (Å²) in [5.41, 5.74) is 1.31. The predicted octanol–water partition coefficient (Wildman–Crippen LogP) is 4.56. The maximum Gasteiger partial charge on any atom is 0.226 e. The van der Waals surface area contributed by atoms with Gasteiger partial charge in [0.1, 0.15) is 5.75 Å². The van der Waals surface area contributed by atoms with Gasteiger partial charge in [-0.05, 0) is 44.9 Å². The van der Waals surface area contributed by atoms with Crippen LogP contribution in [0.3, 0.4) is 0 Å². The zero-order valence-electron chi connectivity index (χ0n) is 18.3. The van der Waals surface area contributed by atoms with Crippen molar-refractivity contribution >= 4 is 34.5 Å². The molecule has 0 aliphatic rings. The lowest BCUT2D eigenvalue weighted by Crippen LogP contribution is -2.23. The molecule has 0 unspecified atom stereocenters. The zero-order chi connectivity index (χ0) is 22.4. The fourth-order valence-corrected chi connectivity index (χ4v) is 3.39. The second kappa shape index (κ2) is 10.2. The second-order valence-corrected chi connectivity index (χ2v) is 8.77. The molecule has 31 heavy (non-hydrogen) atoms. The monoisotopic (exact) mass is 446 g/mol. The van der Waals surface area contributed by atoms with Crippen molar-refractivity contribution in [3.05, 3.63) is 35.1 Å². The number of anilines is 2. The summed E-state index contributed by atoms with van der Waals surface area (Å²) in [6, 6.07) is 4.93. The molecular weight excluding hydrogens is 416 g/mol. The summed E-state index contributed by atoms with van der Waals surface area (Å²) in [4.78, 5) is 13.8. The number of nitrogens with zero attached hydrogens (tertiary/aromatic N) is 4. The quantitative estimate of drug-likeness (QED) is 0.320. The maximum atomic E-state index is 10.1. The Morgan fingerprint density at radius 2 is 1.97 bits per heavy atom. The Kier molecular flexibility index (Phi) is 7.56. The Hall–Kier alpha value is -2.58. The van der Waals surface area contributed by atoms with E-state index in [0.29, 0.717) is 47.4 Å². The number of benzene rings is 1. The number of aromatic nitrogens is 4. The minimum atomic E-state index is -0.774. The van der Waals surface area contributed by atoms with E-state index in [0.717, 1.165) is 31.5 Å². The van der Waals surface area contributed by atoms with Crippen molar-refractivity contribution in [2.24, 2.45) is 0 Å². The largest absolute Gasteiger partial charge is 0.508 e. The van der Waals surface area contributed by atoms with E-state index in [4.69, 9.17) is 11.6 Å².